The third-order valence-corrected chi connectivity index (χ3v) is 14.1. The van der Waals surface area contributed by atoms with Gasteiger partial charge in [-0.3, -0.25) is 0 Å². The predicted octanol–water partition coefficient (Wildman–Crippen LogP) is 6.45. The minimum absolute atomic E-state index is 0.0383. The zero-order valence-corrected chi connectivity index (χ0v) is 27.0. The number of aliphatic hydroxyl groups excluding tert-OH is 2. The Morgan fingerprint density at radius 3 is 2.38 bits per heavy atom. The maximum absolute atomic E-state index is 12.5. The minimum atomic E-state index is -3.96. The van der Waals surface area contributed by atoms with Crippen LogP contribution in [0.1, 0.15) is 97.5 Å². The lowest BCUT2D eigenvalue weighted by Gasteiger charge is -2.64. The largest absolute Gasteiger partial charge is 0.449 e. The van der Waals surface area contributed by atoms with Crippen molar-refractivity contribution in [1.29, 1.82) is 0 Å². The number of carbonyl (C=O) groups is 1. The number of aryl methyl sites for hydroxylation is 1. The molecule has 0 aliphatic heterocycles. The highest BCUT2D eigenvalue weighted by Gasteiger charge is 2.64. The summed E-state index contributed by atoms with van der Waals surface area (Å²) in [5.41, 5.74) is 1.34. The maximum Gasteiger partial charge on any atom is 0.421 e. The molecule has 1 amide bonds. The first kappa shape index (κ1) is 31.8. The second-order valence-electron chi connectivity index (χ2n) is 14.8. The van der Waals surface area contributed by atoms with Gasteiger partial charge in [0.05, 0.1) is 23.7 Å². The second-order valence-corrected chi connectivity index (χ2v) is 16.5. The number of aliphatic hydroxyl groups is 2. The summed E-state index contributed by atoms with van der Waals surface area (Å²) in [5.74, 6) is 3.08. The van der Waals surface area contributed by atoms with Gasteiger partial charge in [0.1, 0.15) is 0 Å². The molecule has 4 aliphatic rings. The molecule has 4 fully saturated rings. The number of fused-ring (bicyclic) bond motifs is 5. The summed E-state index contributed by atoms with van der Waals surface area (Å²) < 4.78 is 32.2. The van der Waals surface area contributed by atoms with Gasteiger partial charge in [0.15, 0.2) is 0 Å². The van der Waals surface area contributed by atoms with Crippen molar-refractivity contribution >= 4 is 16.1 Å². The van der Waals surface area contributed by atoms with Crippen LogP contribution in [0.2, 0.25) is 0 Å². The SMILES string of the molecule is CC[C@@H]1C2C[C@H](O)CCC2(C)[C@H]2CCC3(C)[C@@H]([C@H](C)CCCOC(=O)NS(=O)(=O)c4ccc(C)cc4)CC[C@H]3C2[C@@H]1O. The van der Waals surface area contributed by atoms with E-state index >= 15 is 0 Å². The van der Waals surface area contributed by atoms with Crippen molar-refractivity contribution < 1.29 is 28.2 Å². The number of benzene rings is 1. The molecule has 236 valence electrons. The molecule has 0 spiro atoms. The molecular formula is C34H53NO6S. The van der Waals surface area contributed by atoms with Gasteiger partial charge in [0.2, 0.25) is 0 Å². The fourth-order valence-corrected chi connectivity index (χ4v) is 11.5. The summed E-state index contributed by atoms with van der Waals surface area (Å²) in [7, 11) is -3.96. The Balaban J connectivity index is 1.17. The molecule has 0 heterocycles. The third-order valence-electron chi connectivity index (χ3n) is 12.7. The molecule has 7 nitrogen and oxygen atoms in total. The molecule has 42 heavy (non-hydrogen) atoms. The molecule has 8 heteroatoms. The third kappa shape index (κ3) is 5.65. The Morgan fingerprint density at radius 1 is 1.02 bits per heavy atom. The van der Waals surface area contributed by atoms with Crippen LogP contribution in [0, 0.1) is 59.2 Å². The molecule has 4 saturated carbocycles. The van der Waals surface area contributed by atoms with Crippen LogP contribution in [0.25, 0.3) is 0 Å². The zero-order valence-electron chi connectivity index (χ0n) is 26.2. The van der Waals surface area contributed by atoms with E-state index in [4.69, 9.17) is 4.74 Å². The van der Waals surface area contributed by atoms with E-state index in [2.05, 4.69) is 27.7 Å². The molecule has 11 atom stereocenters. The van der Waals surface area contributed by atoms with Crippen LogP contribution < -0.4 is 4.72 Å². The molecule has 5 rings (SSSR count). The molecule has 1 aromatic rings. The first-order chi connectivity index (χ1) is 19.8. The van der Waals surface area contributed by atoms with Crippen LogP contribution >= 0.6 is 0 Å². The van der Waals surface area contributed by atoms with E-state index in [0.29, 0.717) is 41.9 Å². The highest BCUT2D eigenvalue weighted by molar-refractivity contribution is 7.90. The first-order valence-corrected chi connectivity index (χ1v) is 17.9. The summed E-state index contributed by atoms with van der Waals surface area (Å²) >= 11 is 0. The van der Waals surface area contributed by atoms with Crippen molar-refractivity contribution in [2.24, 2.45) is 52.3 Å². The molecule has 3 N–H and O–H groups in total. The maximum atomic E-state index is 12.5. The molecule has 4 unspecified atom stereocenters. The van der Waals surface area contributed by atoms with Gasteiger partial charge in [-0.05, 0) is 129 Å². The van der Waals surface area contributed by atoms with Crippen LogP contribution in [0.5, 0.6) is 0 Å². The standard InChI is InChI=1S/C34H53NO6S/c1-6-25-29-20-23(36)15-17-34(29,5)28-16-18-33(4)26(13-14-27(33)30(28)31(25)37)22(3)8-7-19-41-32(38)35-42(39,40)24-11-9-21(2)10-12-24/h9-12,22-23,25-31,36-37H,6-8,13-20H2,1-5H3,(H,35,38)/t22-,23-,25-,26-,27+,28+,29?,30?,31-,33?,34?/m1/s1. The van der Waals surface area contributed by atoms with Crippen molar-refractivity contribution in [3.63, 3.8) is 0 Å². The number of hydrogen-bond donors (Lipinski definition) is 3. The molecular weight excluding hydrogens is 550 g/mol. The molecule has 0 radical (unpaired) electrons. The predicted molar refractivity (Wildman–Crippen MR) is 163 cm³/mol. The lowest BCUT2D eigenvalue weighted by Crippen LogP contribution is -2.62. The van der Waals surface area contributed by atoms with E-state index in [1.807, 2.05) is 11.6 Å². The average Bonchev–Trinajstić information content (AvgIpc) is 3.29. The quantitative estimate of drug-likeness (QED) is 0.294. The molecule has 0 saturated heterocycles. The van der Waals surface area contributed by atoms with Crippen LogP contribution in [-0.2, 0) is 14.8 Å². The van der Waals surface area contributed by atoms with Crippen LogP contribution in [0.15, 0.2) is 29.2 Å². The van der Waals surface area contributed by atoms with Gasteiger partial charge in [-0.25, -0.2) is 17.9 Å². The van der Waals surface area contributed by atoms with Crippen molar-refractivity contribution in [3.8, 4) is 0 Å². The molecule has 4 aliphatic carbocycles. The van der Waals surface area contributed by atoms with E-state index in [1.54, 1.807) is 12.1 Å². The summed E-state index contributed by atoms with van der Waals surface area (Å²) in [4.78, 5) is 12.3. The first-order valence-electron chi connectivity index (χ1n) is 16.4. The highest BCUT2D eigenvalue weighted by atomic mass is 32.2. The highest BCUT2D eigenvalue weighted by Crippen LogP contribution is 2.69. The number of ether oxygens (including phenoxy) is 1. The van der Waals surface area contributed by atoms with Gasteiger partial charge >= 0.3 is 6.09 Å². The Kier molecular flexibility index (Phi) is 9.11. The Morgan fingerprint density at radius 2 is 1.69 bits per heavy atom. The van der Waals surface area contributed by atoms with E-state index in [9.17, 15) is 23.4 Å². The van der Waals surface area contributed by atoms with Gasteiger partial charge in [-0.15, -0.1) is 0 Å². The van der Waals surface area contributed by atoms with Gasteiger partial charge in [0.25, 0.3) is 10.0 Å². The fourth-order valence-electron chi connectivity index (χ4n) is 10.6. The average molecular weight is 604 g/mol. The minimum Gasteiger partial charge on any atom is -0.449 e. The van der Waals surface area contributed by atoms with Gasteiger partial charge in [0, 0.05) is 0 Å². The smallest absolute Gasteiger partial charge is 0.421 e. The number of nitrogens with one attached hydrogen (secondary N) is 1. The van der Waals surface area contributed by atoms with Crippen molar-refractivity contribution in [1.82, 2.24) is 4.72 Å². The summed E-state index contributed by atoms with van der Waals surface area (Å²) in [6.45, 7) is 11.6. The van der Waals surface area contributed by atoms with Crippen LogP contribution in [0.4, 0.5) is 4.79 Å². The van der Waals surface area contributed by atoms with Gasteiger partial charge < -0.3 is 14.9 Å². The van der Waals surface area contributed by atoms with Gasteiger partial charge in [-0.2, -0.15) is 0 Å². The number of sulfonamides is 1. The number of rotatable bonds is 8. The number of amides is 1. The van der Waals surface area contributed by atoms with Crippen molar-refractivity contribution in [2.75, 3.05) is 6.61 Å². The van der Waals surface area contributed by atoms with E-state index in [-0.39, 0.29) is 40.5 Å². The Bertz CT molecular complexity index is 1220. The lowest BCUT2D eigenvalue weighted by atomic mass is 9.41. The van der Waals surface area contributed by atoms with E-state index < -0.39 is 16.1 Å². The normalized spacial score (nSPS) is 40.4. The van der Waals surface area contributed by atoms with Crippen molar-refractivity contribution in [3.05, 3.63) is 29.8 Å². The summed E-state index contributed by atoms with van der Waals surface area (Å²) in [6, 6.07) is 6.33. The topological polar surface area (TPSA) is 113 Å². The van der Waals surface area contributed by atoms with Crippen LogP contribution in [-0.4, -0.2) is 43.5 Å². The van der Waals surface area contributed by atoms with Crippen LogP contribution in [0.3, 0.4) is 0 Å². The zero-order chi connectivity index (χ0) is 30.4. The monoisotopic (exact) mass is 603 g/mol. The van der Waals surface area contributed by atoms with Gasteiger partial charge in [-0.1, -0.05) is 51.8 Å². The van der Waals surface area contributed by atoms with Crippen molar-refractivity contribution in [2.45, 2.75) is 116 Å². The number of carbonyl (C=O) groups excluding carboxylic acids is 1. The lowest BCUT2D eigenvalue weighted by molar-refractivity contribution is -0.203. The molecule has 1 aromatic carbocycles. The molecule has 0 bridgehead atoms. The van der Waals surface area contributed by atoms with E-state index in [1.165, 1.54) is 31.4 Å². The Hall–Kier alpha value is -1.64. The number of hydrogen-bond acceptors (Lipinski definition) is 6. The second kappa shape index (κ2) is 12.0. The Labute approximate surface area is 253 Å². The summed E-state index contributed by atoms with van der Waals surface area (Å²) in [6.07, 6.45) is 8.63. The molecule has 0 aromatic heterocycles. The summed E-state index contributed by atoms with van der Waals surface area (Å²) in [5, 5.41) is 22.4. The fraction of sp³-hybridized carbons (Fsp3) is 0.794. The van der Waals surface area contributed by atoms with E-state index in [0.717, 1.165) is 44.1 Å².